The molecular formula is C14H23N3O. The molecular weight excluding hydrogens is 226 g/mol. The average Bonchev–Trinajstić information content (AvgIpc) is 2.40. The molecule has 1 aromatic rings. The maximum atomic E-state index is 5.80. The molecule has 0 aliphatic carbocycles. The molecule has 2 heterocycles. The maximum Gasteiger partial charge on any atom is 0.0608 e. The van der Waals surface area contributed by atoms with Gasteiger partial charge in [0.1, 0.15) is 0 Å². The molecule has 1 saturated heterocycles. The Bertz CT molecular complexity index is 356. The van der Waals surface area contributed by atoms with Crippen LogP contribution in [0.25, 0.3) is 0 Å². The summed E-state index contributed by atoms with van der Waals surface area (Å²) in [6.45, 7) is 6.92. The SMILES string of the molecule is CCOC1CCN(c2ccc([C@@H](C)N)nc2)CC1. The summed E-state index contributed by atoms with van der Waals surface area (Å²) in [4.78, 5) is 6.78. The zero-order valence-electron chi connectivity index (χ0n) is 11.3. The van der Waals surface area contributed by atoms with E-state index in [1.165, 1.54) is 5.69 Å². The summed E-state index contributed by atoms with van der Waals surface area (Å²) in [7, 11) is 0. The quantitative estimate of drug-likeness (QED) is 0.888. The molecule has 4 nitrogen and oxygen atoms in total. The van der Waals surface area contributed by atoms with E-state index in [1.54, 1.807) is 0 Å². The second-order valence-electron chi connectivity index (χ2n) is 4.87. The Kier molecular flexibility index (Phi) is 4.55. The Morgan fingerprint density at radius 3 is 2.67 bits per heavy atom. The predicted molar refractivity (Wildman–Crippen MR) is 73.7 cm³/mol. The van der Waals surface area contributed by atoms with E-state index in [0.717, 1.165) is 38.2 Å². The standard InChI is InChI=1S/C14H23N3O/c1-3-18-13-6-8-17(9-7-13)12-4-5-14(11(2)15)16-10-12/h4-5,10-11,13H,3,6-9,15H2,1-2H3/t11-/m1/s1. The van der Waals surface area contributed by atoms with Crippen molar-refractivity contribution in [2.75, 3.05) is 24.6 Å². The van der Waals surface area contributed by atoms with Crippen molar-refractivity contribution in [3.63, 3.8) is 0 Å². The van der Waals surface area contributed by atoms with Crippen LogP contribution in [0.2, 0.25) is 0 Å². The fourth-order valence-electron chi connectivity index (χ4n) is 2.37. The Morgan fingerprint density at radius 1 is 1.44 bits per heavy atom. The van der Waals surface area contributed by atoms with Crippen molar-refractivity contribution in [2.24, 2.45) is 5.73 Å². The van der Waals surface area contributed by atoms with E-state index in [2.05, 4.69) is 22.9 Å². The van der Waals surface area contributed by atoms with Gasteiger partial charge in [-0.1, -0.05) is 0 Å². The van der Waals surface area contributed by atoms with Gasteiger partial charge in [0, 0.05) is 25.7 Å². The van der Waals surface area contributed by atoms with Gasteiger partial charge in [0.25, 0.3) is 0 Å². The van der Waals surface area contributed by atoms with Crippen molar-refractivity contribution in [1.82, 2.24) is 4.98 Å². The van der Waals surface area contributed by atoms with Gasteiger partial charge in [-0.2, -0.15) is 0 Å². The van der Waals surface area contributed by atoms with Gasteiger partial charge in [-0.3, -0.25) is 4.98 Å². The van der Waals surface area contributed by atoms with E-state index in [4.69, 9.17) is 10.5 Å². The van der Waals surface area contributed by atoms with Crippen molar-refractivity contribution >= 4 is 5.69 Å². The van der Waals surface area contributed by atoms with Crippen molar-refractivity contribution < 1.29 is 4.74 Å². The van der Waals surface area contributed by atoms with Gasteiger partial charge >= 0.3 is 0 Å². The lowest BCUT2D eigenvalue weighted by molar-refractivity contribution is 0.0459. The van der Waals surface area contributed by atoms with Gasteiger partial charge in [0.2, 0.25) is 0 Å². The first-order valence-corrected chi connectivity index (χ1v) is 6.78. The summed E-state index contributed by atoms with van der Waals surface area (Å²) in [6, 6.07) is 4.14. The topological polar surface area (TPSA) is 51.4 Å². The Labute approximate surface area is 109 Å². The lowest BCUT2D eigenvalue weighted by Gasteiger charge is -2.33. The van der Waals surface area contributed by atoms with Gasteiger partial charge in [0.05, 0.1) is 23.7 Å². The number of pyridine rings is 1. The molecule has 0 saturated carbocycles. The second kappa shape index (κ2) is 6.16. The van der Waals surface area contributed by atoms with E-state index >= 15 is 0 Å². The number of hydrogen-bond donors (Lipinski definition) is 1. The van der Waals surface area contributed by atoms with Crippen molar-refractivity contribution in [1.29, 1.82) is 0 Å². The highest BCUT2D eigenvalue weighted by atomic mass is 16.5. The zero-order valence-corrected chi connectivity index (χ0v) is 11.3. The molecule has 1 aliphatic heterocycles. The monoisotopic (exact) mass is 249 g/mol. The van der Waals surface area contributed by atoms with E-state index in [1.807, 2.05) is 19.2 Å². The molecule has 2 N–H and O–H groups in total. The predicted octanol–water partition coefficient (Wildman–Crippen LogP) is 2.11. The second-order valence-corrected chi connectivity index (χ2v) is 4.87. The third-order valence-electron chi connectivity index (χ3n) is 3.45. The normalized spacial score (nSPS) is 18.9. The number of nitrogens with two attached hydrogens (primary N) is 1. The Hall–Kier alpha value is -1.13. The number of aromatic nitrogens is 1. The van der Waals surface area contributed by atoms with Crippen LogP contribution in [-0.2, 0) is 4.74 Å². The minimum absolute atomic E-state index is 0.00254. The van der Waals surface area contributed by atoms with Crippen LogP contribution in [-0.4, -0.2) is 30.8 Å². The van der Waals surface area contributed by atoms with Crippen LogP contribution in [0.3, 0.4) is 0 Å². The average molecular weight is 249 g/mol. The molecule has 0 aromatic carbocycles. The maximum absolute atomic E-state index is 5.80. The van der Waals surface area contributed by atoms with E-state index in [-0.39, 0.29) is 6.04 Å². The molecule has 0 amide bonds. The number of piperidine rings is 1. The third kappa shape index (κ3) is 3.21. The van der Waals surface area contributed by atoms with Crippen LogP contribution < -0.4 is 10.6 Å². The van der Waals surface area contributed by atoms with Crippen molar-refractivity contribution in [2.45, 2.75) is 38.8 Å². The van der Waals surface area contributed by atoms with Crippen LogP contribution in [0.15, 0.2) is 18.3 Å². The molecule has 0 unspecified atom stereocenters. The molecule has 0 radical (unpaired) electrons. The van der Waals surface area contributed by atoms with E-state index in [9.17, 15) is 0 Å². The van der Waals surface area contributed by atoms with Gasteiger partial charge < -0.3 is 15.4 Å². The lowest BCUT2D eigenvalue weighted by atomic mass is 10.1. The summed E-state index contributed by atoms with van der Waals surface area (Å²) >= 11 is 0. The molecule has 18 heavy (non-hydrogen) atoms. The van der Waals surface area contributed by atoms with Crippen molar-refractivity contribution in [3.05, 3.63) is 24.0 Å². The van der Waals surface area contributed by atoms with Gasteiger partial charge in [0.15, 0.2) is 0 Å². The van der Waals surface area contributed by atoms with Gasteiger partial charge in [-0.05, 0) is 38.8 Å². The van der Waals surface area contributed by atoms with E-state index in [0.29, 0.717) is 6.10 Å². The molecule has 1 fully saturated rings. The highest BCUT2D eigenvalue weighted by Crippen LogP contribution is 2.21. The summed E-state index contributed by atoms with van der Waals surface area (Å²) < 4.78 is 5.66. The first-order valence-electron chi connectivity index (χ1n) is 6.78. The minimum Gasteiger partial charge on any atom is -0.378 e. The number of nitrogens with zero attached hydrogens (tertiary/aromatic N) is 2. The molecule has 2 rings (SSSR count). The van der Waals surface area contributed by atoms with Gasteiger partial charge in [-0.25, -0.2) is 0 Å². The van der Waals surface area contributed by atoms with E-state index < -0.39 is 0 Å². The smallest absolute Gasteiger partial charge is 0.0608 e. The van der Waals surface area contributed by atoms with Crippen LogP contribution in [0, 0.1) is 0 Å². The fourth-order valence-corrected chi connectivity index (χ4v) is 2.37. The fraction of sp³-hybridized carbons (Fsp3) is 0.643. The van der Waals surface area contributed by atoms with Crippen LogP contribution in [0.4, 0.5) is 5.69 Å². The Morgan fingerprint density at radius 2 is 2.17 bits per heavy atom. The summed E-state index contributed by atoms with van der Waals surface area (Å²) in [5.74, 6) is 0. The summed E-state index contributed by atoms with van der Waals surface area (Å²) in [5, 5.41) is 0. The van der Waals surface area contributed by atoms with Crippen molar-refractivity contribution in [3.8, 4) is 0 Å². The molecule has 0 spiro atoms. The highest BCUT2D eigenvalue weighted by Gasteiger charge is 2.19. The summed E-state index contributed by atoms with van der Waals surface area (Å²) in [6.07, 6.45) is 4.56. The molecule has 4 heteroatoms. The van der Waals surface area contributed by atoms with Crippen LogP contribution in [0.1, 0.15) is 38.4 Å². The number of anilines is 1. The van der Waals surface area contributed by atoms with Gasteiger partial charge in [-0.15, -0.1) is 0 Å². The molecule has 1 atom stereocenters. The minimum atomic E-state index is 0.00254. The largest absolute Gasteiger partial charge is 0.378 e. The first-order chi connectivity index (χ1) is 8.70. The summed E-state index contributed by atoms with van der Waals surface area (Å²) in [5.41, 5.74) is 7.94. The lowest BCUT2D eigenvalue weighted by Crippen LogP contribution is -2.37. The zero-order chi connectivity index (χ0) is 13.0. The molecule has 1 aliphatic rings. The Balaban J connectivity index is 1.93. The number of rotatable bonds is 4. The number of ether oxygens (including phenoxy) is 1. The van der Waals surface area contributed by atoms with Crippen LogP contribution >= 0.6 is 0 Å². The molecule has 100 valence electrons. The molecule has 1 aromatic heterocycles. The molecule has 0 bridgehead atoms. The third-order valence-corrected chi connectivity index (χ3v) is 3.45. The highest BCUT2D eigenvalue weighted by molar-refractivity contribution is 5.45. The first kappa shape index (κ1) is 13.3. The number of hydrogen-bond acceptors (Lipinski definition) is 4. The van der Waals surface area contributed by atoms with Crippen LogP contribution in [0.5, 0.6) is 0 Å².